The molecule has 1 fully saturated rings. The molecule has 3 aromatic rings. The predicted molar refractivity (Wildman–Crippen MR) is 141 cm³/mol. The third-order valence-electron chi connectivity index (χ3n) is 6.61. The number of carbonyl (C=O) groups is 1. The number of ether oxygens (including phenoxy) is 1. The molecule has 4 rings (SSSR count). The normalized spacial score (nSPS) is 17.9. The van der Waals surface area contributed by atoms with Crippen LogP contribution >= 0.6 is 0 Å². The summed E-state index contributed by atoms with van der Waals surface area (Å²) in [4.78, 5) is 19.8. The zero-order chi connectivity index (χ0) is 27.4. The van der Waals surface area contributed by atoms with Crippen LogP contribution in [0, 0.1) is 18.6 Å². The summed E-state index contributed by atoms with van der Waals surface area (Å²) in [6.07, 6.45) is 1.15. The number of likely N-dealkylation sites (tertiary alicyclic amines) is 1. The molecule has 2 N–H and O–H groups in total. The summed E-state index contributed by atoms with van der Waals surface area (Å²) in [5.41, 5.74) is 3.08. The molecule has 1 aliphatic heterocycles. The Morgan fingerprint density at radius 1 is 1.08 bits per heavy atom. The van der Waals surface area contributed by atoms with Gasteiger partial charge in [0.2, 0.25) is 0 Å². The molecule has 11 heteroatoms. The molecule has 0 bridgehead atoms. The number of urea groups is 1. The first-order valence-electron chi connectivity index (χ1n) is 12.1. The average molecular weight is 545 g/mol. The number of hydrogen-bond donors (Lipinski definition) is 2. The minimum absolute atomic E-state index is 0.224. The maximum absolute atomic E-state index is 13.9. The van der Waals surface area contributed by atoms with Gasteiger partial charge in [-0.25, -0.2) is 22.0 Å². The van der Waals surface area contributed by atoms with Gasteiger partial charge in [-0.1, -0.05) is 18.2 Å². The fourth-order valence-corrected chi connectivity index (χ4v) is 5.20. The van der Waals surface area contributed by atoms with Crippen LogP contribution in [-0.4, -0.2) is 70.0 Å². The second-order valence-corrected chi connectivity index (χ2v) is 11.4. The van der Waals surface area contributed by atoms with E-state index in [4.69, 9.17) is 4.74 Å². The summed E-state index contributed by atoms with van der Waals surface area (Å²) in [5, 5.41) is 5.80. The zero-order valence-corrected chi connectivity index (χ0v) is 22.2. The summed E-state index contributed by atoms with van der Waals surface area (Å²) in [7, 11) is -1.68. The fourth-order valence-electron chi connectivity index (χ4n) is 4.57. The van der Waals surface area contributed by atoms with Crippen molar-refractivity contribution in [3.8, 4) is 11.3 Å². The highest BCUT2D eigenvalue weighted by Gasteiger charge is 2.35. The number of halogens is 2. The van der Waals surface area contributed by atoms with Gasteiger partial charge in [-0.15, -0.1) is 0 Å². The number of nitrogens with one attached hydrogen (secondary N) is 2. The summed E-state index contributed by atoms with van der Waals surface area (Å²) in [5.74, 6) is -2.07. The topological polar surface area (TPSA) is 101 Å². The van der Waals surface area contributed by atoms with Crippen LogP contribution in [0.5, 0.6) is 0 Å². The molecule has 0 saturated carbocycles. The molecular weight excluding hydrogens is 514 g/mol. The van der Waals surface area contributed by atoms with Gasteiger partial charge in [0.1, 0.15) is 0 Å². The number of hydrogen-bond acceptors (Lipinski definition) is 6. The van der Waals surface area contributed by atoms with E-state index in [-0.39, 0.29) is 16.9 Å². The molecule has 0 aliphatic carbocycles. The van der Waals surface area contributed by atoms with Crippen molar-refractivity contribution < 1.29 is 26.7 Å². The van der Waals surface area contributed by atoms with Crippen molar-refractivity contribution in [2.24, 2.45) is 0 Å². The van der Waals surface area contributed by atoms with Crippen LogP contribution in [0.1, 0.15) is 17.2 Å². The molecule has 2 amide bonds. The Kier molecular flexibility index (Phi) is 8.39. The highest BCUT2D eigenvalue weighted by Crippen LogP contribution is 2.29. The lowest BCUT2D eigenvalue weighted by atomic mass is 9.94. The molecule has 0 unspecified atom stereocenters. The predicted octanol–water partition coefficient (Wildman–Crippen LogP) is 3.97. The summed E-state index contributed by atoms with van der Waals surface area (Å²) >= 11 is 0. The van der Waals surface area contributed by atoms with Crippen LogP contribution in [0.3, 0.4) is 0 Å². The molecular formula is C27H30F2N4O4S. The molecule has 2 heterocycles. The van der Waals surface area contributed by atoms with E-state index in [0.29, 0.717) is 48.9 Å². The van der Waals surface area contributed by atoms with E-state index in [2.05, 4.69) is 20.5 Å². The van der Waals surface area contributed by atoms with Gasteiger partial charge in [0, 0.05) is 44.5 Å². The van der Waals surface area contributed by atoms with Gasteiger partial charge in [-0.3, -0.25) is 9.88 Å². The van der Waals surface area contributed by atoms with E-state index in [0.717, 1.165) is 17.9 Å². The van der Waals surface area contributed by atoms with Crippen molar-refractivity contribution in [1.29, 1.82) is 0 Å². The van der Waals surface area contributed by atoms with Crippen LogP contribution in [0.4, 0.5) is 19.3 Å². The average Bonchev–Trinajstić information content (AvgIpc) is 3.27. The Bertz CT molecular complexity index is 1420. The van der Waals surface area contributed by atoms with E-state index in [1.165, 1.54) is 18.2 Å². The van der Waals surface area contributed by atoms with E-state index >= 15 is 0 Å². The second-order valence-electron chi connectivity index (χ2n) is 9.36. The first kappa shape index (κ1) is 27.6. The Balaban J connectivity index is 1.46. The van der Waals surface area contributed by atoms with Gasteiger partial charge in [0.25, 0.3) is 0 Å². The first-order valence-corrected chi connectivity index (χ1v) is 14.0. The number of amides is 2. The highest BCUT2D eigenvalue weighted by molar-refractivity contribution is 7.90. The maximum Gasteiger partial charge on any atom is 0.319 e. The van der Waals surface area contributed by atoms with Crippen molar-refractivity contribution in [2.45, 2.75) is 23.8 Å². The summed E-state index contributed by atoms with van der Waals surface area (Å²) in [6.45, 7) is 4.01. The number of carbonyl (C=O) groups excluding carboxylic acids is 1. The molecule has 0 radical (unpaired) electrons. The van der Waals surface area contributed by atoms with E-state index < -0.39 is 27.5 Å². The van der Waals surface area contributed by atoms with Crippen LogP contribution in [0.15, 0.2) is 59.5 Å². The van der Waals surface area contributed by atoms with Crippen molar-refractivity contribution in [3.05, 3.63) is 77.5 Å². The number of sulfone groups is 1. The summed E-state index contributed by atoms with van der Waals surface area (Å²) in [6, 6.07) is 13.0. The Morgan fingerprint density at radius 3 is 2.45 bits per heavy atom. The molecule has 38 heavy (non-hydrogen) atoms. The third-order valence-corrected chi connectivity index (χ3v) is 7.74. The van der Waals surface area contributed by atoms with Gasteiger partial charge in [-0.2, -0.15) is 0 Å². The SMILES string of the molecule is COCCN1C[C@@H](NC(=O)Nc2ccc(-c3ccc(S(C)(=O)=O)cc3)nc2C)[C@H](c2ccc(F)c(F)c2)C1. The molecule has 1 aliphatic rings. The summed E-state index contributed by atoms with van der Waals surface area (Å²) < 4.78 is 56.0. The molecule has 1 saturated heterocycles. The number of nitrogens with zero attached hydrogens (tertiary/aromatic N) is 2. The molecule has 2 atom stereocenters. The first-order chi connectivity index (χ1) is 18.0. The number of anilines is 1. The standard InChI is InChI=1S/C27H30F2N4O4S/c1-17-24(10-11-25(30-17)18-4-7-20(8-5-18)38(3,35)36)31-27(34)32-26-16-33(12-13-37-2)15-21(26)19-6-9-22(28)23(29)14-19/h4-11,14,21,26H,12-13,15-16H2,1-3H3,(H2,31,32,34)/t21-,26+/m0/s1. The van der Waals surface area contributed by atoms with Gasteiger partial charge < -0.3 is 15.4 Å². The van der Waals surface area contributed by atoms with Crippen molar-refractivity contribution >= 4 is 21.6 Å². The van der Waals surface area contributed by atoms with Crippen LogP contribution in [0.25, 0.3) is 11.3 Å². The lowest BCUT2D eigenvalue weighted by Crippen LogP contribution is -2.42. The molecule has 202 valence electrons. The Hall–Kier alpha value is -3.41. The number of benzene rings is 2. The minimum Gasteiger partial charge on any atom is -0.383 e. The minimum atomic E-state index is -3.29. The number of pyridine rings is 1. The number of aromatic nitrogens is 1. The fraction of sp³-hybridized carbons (Fsp3) is 0.333. The van der Waals surface area contributed by atoms with Crippen LogP contribution in [0.2, 0.25) is 0 Å². The lowest BCUT2D eigenvalue weighted by molar-refractivity contribution is 0.159. The Labute approximate surface area is 220 Å². The quantitative estimate of drug-likeness (QED) is 0.445. The molecule has 2 aromatic carbocycles. The van der Waals surface area contributed by atoms with Crippen LogP contribution < -0.4 is 10.6 Å². The maximum atomic E-state index is 13.9. The number of rotatable bonds is 8. The van der Waals surface area contributed by atoms with Gasteiger partial charge in [-0.05, 0) is 48.9 Å². The monoisotopic (exact) mass is 544 g/mol. The van der Waals surface area contributed by atoms with E-state index in [1.54, 1.807) is 44.4 Å². The van der Waals surface area contributed by atoms with Gasteiger partial charge >= 0.3 is 6.03 Å². The van der Waals surface area contributed by atoms with E-state index in [9.17, 15) is 22.0 Å². The highest BCUT2D eigenvalue weighted by atomic mass is 32.2. The van der Waals surface area contributed by atoms with Gasteiger partial charge in [0.15, 0.2) is 21.5 Å². The van der Waals surface area contributed by atoms with Gasteiger partial charge in [0.05, 0.1) is 34.6 Å². The molecule has 8 nitrogen and oxygen atoms in total. The zero-order valence-electron chi connectivity index (χ0n) is 21.4. The molecule has 1 aromatic heterocycles. The van der Waals surface area contributed by atoms with Crippen molar-refractivity contribution in [2.75, 3.05) is 44.9 Å². The van der Waals surface area contributed by atoms with E-state index in [1.807, 2.05) is 0 Å². The van der Waals surface area contributed by atoms with Crippen molar-refractivity contribution in [3.63, 3.8) is 0 Å². The number of methoxy groups -OCH3 is 1. The molecule has 0 spiro atoms. The number of aryl methyl sites for hydroxylation is 1. The van der Waals surface area contributed by atoms with Crippen molar-refractivity contribution in [1.82, 2.24) is 15.2 Å². The lowest BCUT2D eigenvalue weighted by Gasteiger charge is -2.21. The Morgan fingerprint density at radius 2 is 1.82 bits per heavy atom. The second kappa shape index (κ2) is 11.5. The largest absolute Gasteiger partial charge is 0.383 e. The third kappa shape index (κ3) is 6.53. The smallest absolute Gasteiger partial charge is 0.319 e. The van der Waals surface area contributed by atoms with Crippen LogP contribution in [-0.2, 0) is 14.6 Å².